The Morgan fingerprint density at radius 3 is 2.71 bits per heavy atom. The number of nitrogens with two attached hydrogens (primary N) is 1. The maximum Gasteiger partial charge on any atom is 0.294 e. The van der Waals surface area contributed by atoms with Crippen molar-refractivity contribution in [3.63, 3.8) is 0 Å². The molecule has 1 aliphatic carbocycles. The second-order valence-electron chi connectivity index (χ2n) is 4.94. The van der Waals surface area contributed by atoms with E-state index in [2.05, 4.69) is 5.43 Å². The largest absolute Gasteiger partial charge is 0.395 e. The van der Waals surface area contributed by atoms with E-state index >= 15 is 0 Å². The molecule has 1 saturated carbocycles. The van der Waals surface area contributed by atoms with Crippen molar-refractivity contribution in [3.8, 4) is 0 Å². The van der Waals surface area contributed by atoms with Crippen molar-refractivity contribution in [2.75, 3.05) is 18.6 Å². The van der Waals surface area contributed by atoms with Gasteiger partial charge in [0.2, 0.25) is 0 Å². The highest BCUT2D eigenvalue weighted by atomic mass is 16.6. The normalized spacial score (nSPS) is 14.4. The van der Waals surface area contributed by atoms with Gasteiger partial charge in [-0.25, -0.2) is 0 Å². The lowest BCUT2D eigenvalue weighted by Crippen LogP contribution is -2.45. The van der Waals surface area contributed by atoms with Crippen molar-refractivity contribution in [1.29, 1.82) is 0 Å². The Balaban J connectivity index is 2.28. The number of anilines is 1. The van der Waals surface area contributed by atoms with E-state index in [9.17, 15) is 14.9 Å². The van der Waals surface area contributed by atoms with Crippen LogP contribution in [-0.4, -0.2) is 40.0 Å². The van der Waals surface area contributed by atoms with Gasteiger partial charge >= 0.3 is 0 Å². The molecule has 1 aromatic carbocycles. The predicted molar refractivity (Wildman–Crippen MR) is 76.7 cm³/mol. The summed E-state index contributed by atoms with van der Waals surface area (Å²) in [5, 5.41) is 20.1. The van der Waals surface area contributed by atoms with Crippen molar-refractivity contribution < 1.29 is 14.8 Å². The number of hydrazine groups is 1. The quantitative estimate of drug-likeness (QED) is 0.406. The summed E-state index contributed by atoms with van der Waals surface area (Å²) in [6.07, 6.45) is 2.85. The zero-order valence-corrected chi connectivity index (χ0v) is 11.5. The molecule has 1 amide bonds. The van der Waals surface area contributed by atoms with Crippen LogP contribution in [0.4, 0.5) is 11.4 Å². The van der Waals surface area contributed by atoms with E-state index in [4.69, 9.17) is 10.9 Å². The number of carbonyl (C=O) groups is 1. The number of rotatable bonds is 6. The molecule has 8 heteroatoms. The minimum Gasteiger partial charge on any atom is -0.395 e. The number of aliphatic hydroxyl groups excluding tert-OH is 1. The SMILES string of the molecule is NNc1ccc(C(=O)N(CCO)C2CCC2)cc1[N+](=O)[O-]. The van der Waals surface area contributed by atoms with Crippen molar-refractivity contribution in [2.24, 2.45) is 5.84 Å². The van der Waals surface area contributed by atoms with Crippen LogP contribution >= 0.6 is 0 Å². The highest BCUT2D eigenvalue weighted by molar-refractivity contribution is 5.96. The molecule has 21 heavy (non-hydrogen) atoms. The Bertz CT molecular complexity index is 545. The van der Waals surface area contributed by atoms with E-state index < -0.39 is 4.92 Å². The van der Waals surface area contributed by atoms with Gasteiger partial charge in [-0.05, 0) is 31.4 Å². The summed E-state index contributed by atoms with van der Waals surface area (Å²) < 4.78 is 0. The fourth-order valence-corrected chi connectivity index (χ4v) is 2.36. The van der Waals surface area contributed by atoms with Gasteiger partial charge in [0.25, 0.3) is 11.6 Å². The van der Waals surface area contributed by atoms with Gasteiger partial charge in [-0.3, -0.25) is 20.8 Å². The van der Waals surface area contributed by atoms with Gasteiger partial charge in [0.15, 0.2) is 0 Å². The number of nitro benzene ring substituents is 1. The van der Waals surface area contributed by atoms with Crippen LogP contribution < -0.4 is 11.3 Å². The molecular weight excluding hydrogens is 276 g/mol. The first-order valence-electron chi connectivity index (χ1n) is 6.75. The number of benzene rings is 1. The molecule has 1 aliphatic rings. The molecule has 0 aliphatic heterocycles. The molecule has 1 aromatic rings. The summed E-state index contributed by atoms with van der Waals surface area (Å²) in [6.45, 7) is 0.0982. The average Bonchev–Trinajstić information content (AvgIpc) is 2.43. The van der Waals surface area contributed by atoms with E-state index in [0.29, 0.717) is 0 Å². The molecule has 8 nitrogen and oxygen atoms in total. The number of hydrogen-bond donors (Lipinski definition) is 3. The van der Waals surface area contributed by atoms with E-state index in [1.165, 1.54) is 18.2 Å². The Labute approximate surface area is 121 Å². The first-order valence-corrected chi connectivity index (χ1v) is 6.75. The number of nitrogens with one attached hydrogen (secondary N) is 1. The maximum absolute atomic E-state index is 12.5. The lowest BCUT2D eigenvalue weighted by atomic mass is 9.91. The fourth-order valence-electron chi connectivity index (χ4n) is 2.36. The maximum atomic E-state index is 12.5. The van der Waals surface area contributed by atoms with Gasteiger partial charge in [0.1, 0.15) is 5.69 Å². The highest BCUT2D eigenvalue weighted by Crippen LogP contribution is 2.29. The second-order valence-corrected chi connectivity index (χ2v) is 4.94. The average molecular weight is 294 g/mol. The molecule has 0 radical (unpaired) electrons. The lowest BCUT2D eigenvalue weighted by molar-refractivity contribution is -0.384. The second kappa shape index (κ2) is 6.51. The van der Waals surface area contributed by atoms with Crippen LogP contribution in [0.5, 0.6) is 0 Å². The van der Waals surface area contributed by atoms with E-state index in [-0.39, 0.29) is 42.0 Å². The number of nitrogens with zero attached hydrogens (tertiary/aromatic N) is 2. The van der Waals surface area contributed by atoms with Gasteiger partial charge in [-0.1, -0.05) is 0 Å². The Morgan fingerprint density at radius 2 is 2.24 bits per heavy atom. The summed E-state index contributed by atoms with van der Waals surface area (Å²) >= 11 is 0. The van der Waals surface area contributed by atoms with Gasteiger partial charge < -0.3 is 15.4 Å². The first kappa shape index (κ1) is 15.2. The van der Waals surface area contributed by atoms with E-state index in [1.807, 2.05) is 0 Å². The number of nitrogen functional groups attached to an aromatic ring is 1. The fraction of sp³-hybridized carbons (Fsp3) is 0.462. The molecule has 0 unspecified atom stereocenters. The number of hydrogen-bond acceptors (Lipinski definition) is 6. The van der Waals surface area contributed by atoms with Crippen LogP contribution in [0.15, 0.2) is 18.2 Å². The van der Waals surface area contributed by atoms with Crippen molar-refractivity contribution in [3.05, 3.63) is 33.9 Å². The Morgan fingerprint density at radius 1 is 1.52 bits per heavy atom. The van der Waals surface area contributed by atoms with Gasteiger partial charge in [-0.15, -0.1) is 0 Å². The van der Waals surface area contributed by atoms with Crippen molar-refractivity contribution in [2.45, 2.75) is 25.3 Å². The third-order valence-electron chi connectivity index (χ3n) is 3.71. The summed E-state index contributed by atoms with van der Waals surface area (Å²) in [7, 11) is 0. The van der Waals surface area contributed by atoms with E-state index in [1.54, 1.807) is 4.90 Å². The Kier molecular flexibility index (Phi) is 4.71. The zero-order valence-electron chi connectivity index (χ0n) is 11.5. The summed E-state index contributed by atoms with van der Waals surface area (Å²) in [5.41, 5.74) is 2.36. The van der Waals surface area contributed by atoms with Gasteiger partial charge in [-0.2, -0.15) is 0 Å². The van der Waals surface area contributed by atoms with Crippen LogP contribution in [0.1, 0.15) is 29.6 Å². The molecule has 0 bridgehead atoms. The van der Waals surface area contributed by atoms with Crippen LogP contribution in [0.3, 0.4) is 0 Å². The molecule has 0 atom stereocenters. The zero-order chi connectivity index (χ0) is 15.4. The molecule has 0 heterocycles. The Hall–Kier alpha value is -2.19. The monoisotopic (exact) mass is 294 g/mol. The third kappa shape index (κ3) is 3.11. The van der Waals surface area contributed by atoms with Crippen LogP contribution in [0.25, 0.3) is 0 Å². The molecule has 4 N–H and O–H groups in total. The molecule has 0 spiro atoms. The number of aliphatic hydroxyl groups is 1. The predicted octanol–water partition coefficient (Wildman–Crippen LogP) is 0.867. The number of nitro groups is 1. The molecule has 0 saturated heterocycles. The first-order chi connectivity index (χ1) is 10.1. The van der Waals surface area contributed by atoms with Crippen LogP contribution in [0.2, 0.25) is 0 Å². The standard InChI is InChI=1S/C13H18N4O4/c14-15-11-5-4-9(8-12(11)17(20)21)13(19)16(6-7-18)10-2-1-3-10/h4-5,8,10,15,18H,1-3,6-7,14H2. The van der Waals surface area contributed by atoms with Crippen LogP contribution in [-0.2, 0) is 0 Å². The topological polar surface area (TPSA) is 122 Å². The van der Waals surface area contributed by atoms with Crippen LogP contribution in [0, 0.1) is 10.1 Å². The van der Waals surface area contributed by atoms with E-state index in [0.717, 1.165) is 19.3 Å². The summed E-state index contributed by atoms with van der Waals surface area (Å²) in [5.74, 6) is 4.91. The highest BCUT2D eigenvalue weighted by Gasteiger charge is 2.30. The minimum absolute atomic E-state index is 0.107. The third-order valence-corrected chi connectivity index (χ3v) is 3.71. The summed E-state index contributed by atoms with van der Waals surface area (Å²) in [4.78, 5) is 24.5. The number of amides is 1. The van der Waals surface area contributed by atoms with Crippen molar-refractivity contribution in [1.82, 2.24) is 4.90 Å². The number of carbonyl (C=O) groups excluding carboxylic acids is 1. The van der Waals surface area contributed by atoms with Crippen molar-refractivity contribution >= 4 is 17.3 Å². The molecule has 114 valence electrons. The van der Waals surface area contributed by atoms with Gasteiger partial charge in [0.05, 0.1) is 11.5 Å². The lowest BCUT2D eigenvalue weighted by Gasteiger charge is -2.37. The molecule has 1 fully saturated rings. The molecule has 2 rings (SSSR count). The molecule has 0 aromatic heterocycles. The smallest absolute Gasteiger partial charge is 0.294 e. The molecular formula is C13H18N4O4. The minimum atomic E-state index is -0.592. The summed E-state index contributed by atoms with van der Waals surface area (Å²) in [6, 6.07) is 4.22. The van der Waals surface area contributed by atoms with Gasteiger partial charge in [0, 0.05) is 24.2 Å².